The average molecular weight is 305 g/mol. The molecule has 3 atom stereocenters. The molecule has 116 valence electrons. The summed E-state index contributed by atoms with van der Waals surface area (Å²) in [5.74, 6) is 0.805. The van der Waals surface area contributed by atoms with Gasteiger partial charge in [-0.25, -0.2) is 0 Å². The van der Waals surface area contributed by atoms with E-state index in [1.807, 2.05) is 11.8 Å². The summed E-state index contributed by atoms with van der Waals surface area (Å²) in [6.07, 6.45) is 11.8. The third-order valence-corrected chi connectivity index (χ3v) is 5.87. The van der Waals surface area contributed by atoms with Gasteiger partial charge in [0.15, 0.2) is 0 Å². The van der Waals surface area contributed by atoms with E-state index < -0.39 is 0 Å². The van der Waals surface area contributed by atoms with Crippen LogP contribution in [0.5, 0.6) is 0 Å². The maximum Gasteiger partial charge on any atom is 0.0343 e. The maximum atomic E-state index is 3.83. The molecule has 2 nitrogen and oxygen atoms in total. The van der Waals surface area contributed by atoms with Crippen molar-refractivity contribution in [3.8, 4) is 0 Å². The van der Waals surface area contributed by atoms with E-state index in [-0.39, 0.29) is 0 Å². The highest BCUT2D eigenvalue weighted by atomic mass is 32.2. The second-order valence-corrected chi connectivity index (χ2v) is 7.36. The standard InChI is InChI=1S/C18H28N2S/c1-21-15-11-9-14(10-12-15)20-18-8-3-2-6-16(18)17-7-4-5-13-19-17/h9-12,16-20H,2-8,13H2,1H3. The van der Waals surface area contributed by atoms with Gasteiger partial charge >= 0.3 is 0 Å². The van der Waals surface area contributed by atoms with Crippen molar-refractivity contribution in [3.63, 3.8) is 0 Å². The molecule has 0 bridgehead atoms. The number of nitrogens with one attached hydrogen (secondary N) is 2. The van der Waals surface area contributed by atoms with Crippen molar-refractivity contribution in [3.05, 3.63) is 24.3 Å². The van der Waals surface area contributed by atoms with Gasteiger partial charge in [-0.2, -0.15) is 0 Å². The van der Waals surface area contributed by atoms with Crippen molar-refractivity contribution in [1.82, 2.24) is 5.32 Å². The van der Waals surface area contributed by atoms with Crippen molar-refractivity contribution >= 4 is 17.4 Å². The van der Waals surface area contributed by atoms with E-state index in [4.69, 9.17) is 0 Å². The van der Waals surface area contributed by atoms with Crippen LogP contribution in [0.4, 0.5) is 5.69 Å². The lowest BCUT2D eigenvalue weighted by molar-refractivity contribution is 0.217. The molecule has 1 aliphatic carbocycles. The summed E-state index contributed by atoms with van der Waals surface area (Å²) in [5, 5.41) is 7.61. The summed E-state index contributed by atoms with van der Waals surface area (Å²) in [4.78, 5) is 1.34. The highest BCUT2D eigenvalue weighted by Crippen LogP contribution is 2.32. The first-order chi connectivity index (χ1) is 10.4. The second-order valence-electron chi connectivity index (χ2n) is 6.48. The van der Waals surface area contributed by atoms with Crippen molar-refractivity contribution < 1.29 is 0 Å². The first kappa shape index (κ1) is 15.2. The molecule has 2 aliphatic rings. The molecule has 0 aromatic heterocycles. The Hall–Kier alpha value is -0.670. The molecule has 1 saturated carbocycles. The molecule has 3 heteroatoms. The van der Waals surface area contributed by atoms with Gasteiger partial charge in [0.1, 0.15) is 0 Å². The average Bonchev–Trinajstić information content (AvgIpc) is 2.57. The minimum atomic E-state index is 0.648. The highest BCUT2D eigenvalue weighted by molar-refractivity contribution is 7.98. The Labute approximate surface area is 133 Å². The molecule has 1 aliphatic heterocycles. The van der Waals surface area contributed by atoms with Crippen LogP contribution >= 0.6 is 11.8 Å². The zero-order chi connectivity index (χ0) is 14.5. The molecule has 0 amide bonds. The predicted molar refractivity (Wildman–Crippen MR) is 93.2 cm³/mol. The van der Waals surface area contributed by atoms with Gasteiger partial charge in [0, 0.05) is 22.7 Å². The van der Waals surface area contributed by atoms with E-state index >= 15 is 0 Å². The SMILES string of the molecule is CSc1ccc(NC2CCCCC2C2CCCCN2)cc1. The molecule has 2 fully saturated rings. The van der Waals surface area contributed by atoms with Crippen LogP contribution in [-0.4, -0.2) is 24.9 Å². The molecule has 0 radical (unpaired) electrons. The van der Waals surface area contributed by atoms with Crippen molar-refractivity contribution in [2.24, 2.45) is 5.92 Å². The van der Waals surface area contributed by atoms with Crippen LogP contribution in [0.15, 0.2) is 29.2 Å². The van der Waals surface area contributed by atoms with Gasteiger partial charge in [0.25, 0.3) is 0 Å². The first-order valence-electron chi connectivity index (χ1n) is 8.51. The third-order valence-electron chi connectivity index (χ3n) is 5.13. The molecule has 1 aromatic carbocycles. The lowest BCUT2D eigenvalue weighted by Gasteiger charge is -2.40. The summed E-state index contributed by atoms with van der Waals surface area (Å²) in [6.45, 7) is 1.22. The fraction of sp³-hybridized carbons (Fsp3) is 0.667. The molecule has 1 saturated heterocycles. The third kappa shape index (κ3) is 3.95. The molecule has 3 unspecified atom stereocenters. The fourth-order valence-electron chi connectivity index (χ4n) is 3.97. The Balaban J connectivity index is 1.65. The lowest BCUT2D eigenvalue weighted by Crippen LogP contribution is -2.48. The number of piperidine rings is 1. The smallest absolute Gasteiger partial charge is 0.0343 e. The van der Waals surface area contributed by atoms with Crippen molar-refractivity contribution in [2.45, 2.75) is 61.9 Å². The molecule has 3 rings (SSSR count). The van der Waals surface area contributed by atoms with E-state index in [2.05, 4.69) is 41.2 Å². The van der Waals surface area contributed by atoms with Gasteiger partial charge in [-0.15, -0.1) is 11.8 Å². The zero-order valence-electron chi connectivity index (χ0n) is 13.1. The number of anilines is 1. The van der Waals surface area contributed by atoms with Crippen LogP contribution in [-0.2, 0) is 0 Å². The Morgan fingerprint density at radius 3 is 2.48 bits per heavy atom. The predicted octanol–water partition coefficient (Wildman–Crippen LogP) is 4.52. The van der Waals surface area contributed by atoms with Crippen LogP contribution in [0, 0.1) is 5.92 Å². The van der Waals surface area contributed by atoms with E-state index in [9.17, 15) is 0 Å². The summed E-state index contributed by atoms with van der Waals surface area (Å²) >= 11 is 1.81. The Morgan fingerprint density at radius 2 is 1.76 bits per heavy atom. The maximum absolute atomic E-state index is 3.83. The van der Waals surface area contributed by atoms with Crippen LogP contribution < -0.4 is 10.6 Å². The van der Waals surface area contributed by atoms with Crippen molar-refractivity contribution in [2.75, 3.05) is 18.1 Å². The lowest BCUT2D eigenvalue weighted by atomic mass is 9.77. The largest absolute Gasteiger partial charge is 0.382 e. The van der Waals surface area contributed by atoms with Gasteiger partial charge in [-0.3, -0.25) is 0 Å². The van der Waals surface area contributed by atoms with E-state index in [1.165, 1.54) is 62.1 Å². The van der Waals surface area contributed by atoms with Gasteiger partial charge in [-0.05, 0) is 68.7 Å². The zero-order valence-corrected chi connectivity index (χ0v) is 13.9. The minimum Gasteiger partial charge on any atom is -0.382 e. The molecule has 0 spiro atoms. The molecule has 21 heavy (non-hydrogen) atoms. The second kappa shape index (κ2) is 7.55. The van der Waals surface area contributed by atoms with Gasteiger partial charge < -0.3 is 10.6 Å². The summed E-state index contributed by atoms with van der Waals surface area (Å²) < 4.78 is 0. The van der Waals surface area contributed by atoms with Gasteiger partial charge in [-0.1, -0.05) is 19.3 Å². The fourth-order valence-corrected chi connectivity index (χ4v) is 4.37. The quantitative estimate of drug-likeness (QED) is 0.800. The molecule has 2 N–H and O–H groups in total. The minimum absolute atomic E-state index is 0.648. The van der Waals surface area contributed by atoms with E-state index in [0.717, 1.165) is 12.0 Å². The topological polar surface area (TPSA) is 24.1 Å². The molecular weight excluding hydrogens is 276 g/mol. The van der Waals surface area contributed by atoms with Gasteiger partial charge in [0.2, 0.25) is 0 Å². The Bertz CT molecular complexity index is 425. The van der Waals surface area contributed by atoms with Crippen LogP contribution in [0.2, 0.25) is 0 Å². The number of benzene rings is 1. The van der Waals surface area contributed by atoms with E-state index in [1.54, 1.807) is 0 Å². The highest BCUT2D eigenvalue weighted by Gasteiger charge is 2.32. The normalized spacial score (nSPS) is 30.0. The summed E-state index contributed by atoms with van der Waals surface area (Å²) in [6, 6.07) is 10.3. The summed E-state index contributed by atoms with van der Waals surface area (Å²) in [7, 11) is 0. The Kier molecular flexibility index (Phi) is 5.48. The molecular formula is C18H28N2S. The van der Waals surface area contributed by atoms with Crippen LogP contribution in [0.3, 0.4) is 0 Å². The molecule has 1 heterocycles. The van der Waals surface area contributed by atoms with Crippen LogP contribution in [0.25, 0.3) is 0 Å². The van der Waals surface area contributed by atoms with Crippen LogP contribution in [0.1, 0.15) is 44.9 Å². The molecule has 1 aromatic rings. The number of hydrogen-bond donors (Lipinski definition) is 2. The monoisotopic (exact) mass is 304 g/mol. The van der Waals surface area contributed by atoms with E-state index in [0.29, 0.717) is 6.04 Å². The summed E-state index contributed by atoms with van der Waals surface area (Å²) in [5.41, 5.74) is 1.29. The number of hydrogen-bond acceptors (Lipinski definition) is 3. The number of thioether (sulfide) groups is 1. The van der Waals surface area contributed by atoms with Crippen molar-refractivity contribution in [1.29, 1.82) is 0 Å². The number of rotatable bonds is 4. The van der Waals surface area contributed by atoms with Gasteiger partial charge in [0.05, 0.1) is 0 Å². The Morgan fingerprint density at radius 1 is 1.00 bits per heavy atom. The first-order valence-corrected chi connectivity index (χ1v) is 9.73.